The van der Waals surface area contributed by atoms with Gasteiger partial charge in [0.05, 0.1) is 12.7 Å². The minimum Gasteiger partial charge on any atom is -0.480 e. The predicted molar refractivity (Wildman–Crippen MR) is 62.2 cm³/mol. The SMILES string of the molecule is NCC(=O)O.O=c1[nH]c(=O)n(C2CCCO2)cc1F. The summed E-state index contributed by atoms with van der Waals surface area (Å²) in [5, 5.41) is 7.60. The Labute approximate surface area is 106 Å². The number of nitrogens with one attached hydrogen (secondary N) is 1. The van der Waals surface area contributed by atoms with Gasteiger partial charge in [-0.25, -0.2) is 4.79 Å². The number of carbonyl (C=O) groups is 1. The smallest absolute Gasteiger partial charge is 0.330 e. The zero-order valence-electron chi connectivity index (χ0n) is 9.97. The summed E-state index contributed by atoms with van der Waals surface area (Å²) in [5.41, 5.74) is 2.94. The molecule has 8 nitrogen and oxygen atoms in total. The van der Waals surface area contributed by atoms with E-state index in [0.717, 1.165) is 17.2 Å². The molecule has 1 saturated heterocycles. The van der Waals surface area contributed by atoms with E-state index in [1.54, 1.807) is 0 Å². The number of hydrogen-bond acceptors (Lipinski definition) is 5. The van der Waals surface area contributed by atoms with E-state index in [4.69, 9.17) is 9.84 Å². The molecule has 1 fully saturated rings. The Morgan fingerprint density at radius 1 is 1.63 bits per heavy atom. The lowest BCUT2D eigenvalue weighted by molar-refractivity contribution is -0.135. The summed E-state index contributed by atoms with van der Waals surface area (Å²) >= 11 is 0. The van der Waals surface area contributed by atoms with Crippen LogP contribution >= 0.6 is 0 Å². The van der Waals surface area contributed by atoms with Crippen LogP contribution in [0.3, 0.4) is 0 Å². The number of nitrogens with two attached hydrogens (primary N) is 1. The van der Waals surface area contributed by atoms with E-state index in [9.17, 15) is 18.8 Å². The number of hydrogen-bond donors (Lipinski definition) is 3. The monoisotopic (exact) mass is 275 g/mol. The number of carboxylic acid groups (broad SMARTS) is 1. The van der Waals surface area contributed by atoms with Crippen molar-refractivity contribution in [2.75, 3.05) is 13.2 Å². The zero-order chi connectivity index (χ0) is 14.4. The second kappa shape index (κ2) is 6.81. The van der Waals surface area contributed by atoms with E-state index in [2.05, 4.69) is 5.73 Å². The van der Waals surface area contributed by atoms with Crippen LogP contribution < -0.4 is 17.0 Å². The first kappa shape index (κ1) is 15.1. The van der Waals surface area contributed by atoms with Crippen molar-refractivity contribution < 1.29 is 19.0 Å². The van der Waals surface area contributed by atoms with Gasteiger partial charge in [0.2, 0.25) is 5.82 Å². The topological polar surface area (TPSA) is 127 Å². The van der Waals surface area contributed by atoms with E-state index in [1.165, 1.54) is 0 Å². The molecule has 106 valence electrons. The van der Waals surface area contributed by atoms with Crippen molar-refractivity contribution in [3.05, 3.63) is 32.9 Å². The first-order valence-corrected chi connectivity index (χ1v) is 5.50. The Bertz CT molecular complexity index is 547. The van der Waals surface area contributed by atoms with Crippen molar-refractivity contribution in [3.63, 3.8) is 0 Å². The molecule has 1 aromatic rings. The van der Waals surface area contributed by atoms with Gasteiger partial charge in [0.1, 0.15) is 6.23 Å². The van der Waals surface area contributed by atoms with Gasteiger partial charge in [-0.15, -0.1) is 0 Å². The molecule has 0 aliphatic carbocycles. The molecular weight excluding hydrogens is 261 g/mol. The molecule has 2 heterocycles. The van der Waals surface area contributed by atoms with Crippen molar-refractivity contribution in [1.82, 2.24) is 9.55 Å². The Hall–Kier alpha value is -2.00. The lowest BCUT2D eigenvalue weighted by atomic mass is 10.3. The van der Waals surface area contributed by atoms with Gasteiger partial charge in [-0.1, -0.05) is 0 Å². The van der Waals surface area contributed by atoms with Gasteiger partial charge in [0.25, 0.3) is 5.56 Å². The molecule has 19 heavy (non-hydrogen) atoms. The lowest BCUT2D eigenvalue weighted by Gasteiger charge is -2.11. The van der Waals surface area contributed by atoms with Crippen LogP contribution in [-0.4, -0.2) is 33.8 Å². The standard InChI is InChI=1S/C8H9FN2O3.C2H5NO2/c9-5-4-11(6-2-1-3-14-6)8(13)10-7(5)12;3-1-2(4)5/h4,6H,1-3H2,(H,10,12,13);1,3H2,(H,4,5). The molecule has 2 rings (SSSR count). The minimum atomic E-state index is -0.996. The first-order chi connectivity index (χ1) is 8.95. The van der Waals surface area contributed by atoms with Gasteiger partial charge >= 0.3 is 11.7 Å². The highest BCUT2D eigenvalue weighted by atomic mass is 19.1. The third-order valence-electron chi connectivity index (χ3n) is 2.31. The number of rotatable bonds is 2. The van der Waals surface area contributed by atoms with Gasteiger partial charge in [0, 0.05) is 6.61 Å². The van der Waals surface area contributed by atoms with Gasteiger partial charge in [-0.2, -0.15) is 4.39 Å². The number of aromatic amines is 1. The number of aromatic nitrogens is 2. The summed E-state index contributed by atoms with van der Waals surface area (Å²) < 4.78 is 19.1. The van der Waals surface area contributed by atoms with Crippen molar-refractivity contribution in [2.45, 2.75) is 19.1 Å². The predicted octanol–water partition coefficient (Wildman–Crippen LogP) is -0.986. The maximum Gasteiger partial charge on any atom is 0.330 e. The first-order valence-electron chi connectivity index (χ1n) is 5.50. The number of aliphatic carboxylic acids is 1. The van der Waals surface area contributed by atoms with Gasteiger partial charge in [0.15, 0.2) is 0 Å². The van der Waals surface area contributed by atoms with E-state index in [-0.39, 0.29) is 6.54 Å². The van der Waals surface area contributed by atoms with E-state index >= 15 is 0 Å². The van der Waals surface area contributed by atoms with Crippen LogP contribution in [0, 0.1) is 5.82 Å². The Morgan fingerprint density at radius 3 is 2.74 bits per heavy atom. The third-order valence-corrected chi connectivity index (χ3v) is 2.31. The Morgan fingerprint density at radius 2 is 2.26 bits per heavy atom. The van der Waals surface area contributed by atoms with Crippen molar-refractivity contribution in [2.24, 2.45) is 5.73 Å². The second-order valence-electron chi connectivity index (χ2n) is 3.71. The Kier molecular flexibility index (Phi) is 5.39. The summed E-state index contributed by atoms with van der Waals surface area (Å²) in [6.07, 6.45) is 1.93. The number of nitrogens with zero attached hydrogens (tertiary/aromatic N) is 1. The maximum atomic E-state index is 12.9. The lowest BCUT2D eigenvalue weighted by Crippen LogP contribution is -2.33. The van der Waals surface area contributed by atoms with Crippen molar-refractivity contribution in [1.29, 1.82) is 0 Å². The molecule has 0 bridgehead atoms. The Balaban J connectivity index is 0.000000312. The molecule has 1 atom stereocenters. The molecule has 0 saturated carbocycles. The fourth-order valence-electron chi connectivity index (χ4n) is 1.45. The average molecular weight is 275 g/mol. The van der Waals surface area contributed by atoms with Crippen molar-refractivity contribution >= 4 is 5.97 Å². The molecule has 0 radical (unpaired) electrons. The highest BCUT2D eigenvalue weighted by molar-refractivity contribution is 5.68. The van der Waals surface area contributed by atoms with Gasteiger partial charge < -0.3 is 15.6 Å². The molecule has 0 amide bonds. The maximum absolute atomic E-state index is 12.9. The second-order valence-corrected chi connectivity index (χ2v) is 3.71. The average Bonchev–Trinajstić information content (AvgIpc) is 2.88. The fourth-order valence-corrected chi connectivity index (χ4v) is 1.45. The highest BCUT2D eigenvalue weighted by Gasteiger charge is 2.19. The molecule has 1 aliphatic rings. The quantitative estimate of drug-likeness (QED) is 0.636. The van der Waals surface area contributed by atoms with Crippen LogP contribution in [0.1, 0.15) is 19.1 Å². The molecule has 1 aliphatic heterocycles. The zero-order valence-corrected chi connectivity index (χ0v) is 9.97. The summed E-state index contributed by atoms with van der Waals surface area (Å²) in [6.45, 7) is 0.276. The molecule has 1 aromatic heterocycles. The summed E-state index contributed by atoms with van der Waals surface area (Å²) in [5.74, 6) is -1.94. The normalized spacial score (nSPS) is 17.7. The number of carboxylic acids is 1. The van der Waals surface area contributed by atoms with Gasteiger partial charge in [-0.05, 0) is 12.8 Å². The van der Waals surface area contributed by atoms with Crippen LogP contribution in [0.4, 0.5) is 4.39 Å². The summed E-state index contributed by atoms with van der Waals surface area (Å²) in [6, 6.07) is 0. The largest absolute Gasteiger partial charge is 0.480 e. The van der Waals surface area contributed by atoms with E-state index in [1.807, 2.05) is 4.98 Å². The van der Waals surface area contributed by atoms with Crippen LogP contribution in [-0.2, 0) is 9.53 Å². The third kappa shape index (κ3) is 4.30. The molecular formula is C10H14FN3O5. The van der Waals surface area contributed by atoms with Crippen LogP contribution in [0.5, 0.6) is 0 Å². The number of ether oxygens (including phenoxy) is 1. The molecule has 0 spiro atoms. The number of halogens is 1. The molecule has 1 unspecified atom stereocenters. The van der Waals surface area contributed by atoms with Crippen LogP contribution in [0.25, 0.3) is 0 Å². The highest BCUT2D eigenvalue weighted by Crippen LogP contribution is 2.20. The number of H-pyrrole nitrogens is 1. The van der Waals surface area contributed by atoms with E-state index < -0.39 is 29.3 Å². The van der Waals surface area contributed by atoms with E-state index in [0.29, 0.717) is 13.0 Å². The summed E-state index contributed by atoms with van der Waals surface area (Å²) in [7, 11) is 0. The summed E-state index contributed by atoms with van der Waals surface area (Å²) in [4.78, 5) is 33.1. The molecule has 0 aromatic carbocycles. The van der Waals surface area contributed by atoms with Crippen LogP contribution in [0.15, 0.2) is 15.8 Å². The fraction of sp³-hybridized carbons (Fsp3) is 0.500. The minimum absolute atomic E-state index is 0.278. The molecule has 4 N–H and O–H groups in total. The molecule has 9 heteroatoms. The van der Waals surface area contributed by atoms with Crippen molar-refractivity contribution in [3.8, 4) is 0 Å². The van der Waals surface area contributed by atoms with Crippen LogP contribution in [0.2, 0.25) is 0 Å². The van der Waals surface area contributed by atoms with Gasteiger partial charge in [-0.3, -0.25) is 19.1 Å².